The summed E-state index contributed by atoms with van der Waals surface area (Å²) in [6, 6.07) is -0.813. The Morgan fingerprint density at radius 3 is 2.44 bits per heavy atom. The molecule has 2 amide bonds. The molecule has 4 aliphatic rings. The highest BCUT2D eigenvalue weighted by Gasteiger charge is 2.68. The molecular formula is C31H54BN7O6. The first-order chi connectivity index (χ1) is 21.3. The first-order valence-electron chi connectivity index (χ1n) is 16.7. The fraction of sp³-hybridized carbons (Fsp3) is 0.871. The molecule has 0 aromatic carbocycles. The Bertz CT molecular complexity index is 1100. The van der Waals surface area contributed by atoms with Crippen LogP contribution in [-0.2, 0) is 18.9 Å². The van der Waals surface area contributed by atoms with Gasteiger partial charge < -0.3 is 30.5 Å². The number of aliphatic imine (C=N–C) groups is 1. The van der Waals surface area contributed by atoms with E-state index in [1.54, 1.807) is 5.43 Å². The van der Waals surface area contributed by atoms with Crippen molar-refractivity contribution in [2.75, 3.05) is 13.1 Å². The zero-order valence-corrected chi connectivity index (χ0v) is 27.8. The maximum Gasteiger partial charge on any atom is 0.481 e. The van der Waals surface area contributed by atoms with Crippen LogP contribution in [0, 0.1) is 39.9 Å². The van der Waals surface area contributed by atoms with Crippen LogP contribution in [0.15, 0.2) is 4.99 Å². The number of amides is 2. The fourth-order valence-electron chi connectivity index (χ4n) is 7.44. The number of unbranched alkanes of at least 4 members (excludes halogenated alkanes) is 5. The number of carbonyl (C=O) groups excluding carboxylic acids is 2. The normalized spacial score (nSPS) is 26.3. The van der Waals surface area contributed by atoms with Gasteiger partial charge in [0.2, 0.25) is 18.4 Å². The van der Waals surface area contributed by atoms with Gasteiger partial charge in [0.15, 0.2) is 5.03 Å². The molecule has 0 spiro atoms. The number of nitrogens with two attached hydrogens (primary N) is 1. The average Bonchev–Trinajstić information content (AvgIpc) is 3.32. The molecule has 2 bridgehead atoms. The van der Waals surface area contributed by atoms with Crippen molar-refractivity contribution in [2.24, 2.45) is 33.9 Å². The van der Waals surface area contributed by atoms with Gasteiger partial charge in [-0.25, -0.2) is 21.7 Å². The maximum atomic E-state index is 13.8. The van der Waals surface area contributed by atoms with E-state index < -0.39 is 23.8 Å². The van der Waals surface area contributed by atoms with E-state index in [0.717, 1.165) is 44.9 Å². The van der Waals surface area contributed by atoms with Gasteiger partial charge in [0, 0.05) is 19.4 Å². The number of nitro groups is 1. The van der Waals surface area contributed by atoms with E-state index in [1.165, 1.54) is 0 Å². The Kier molecular flexibility index (Phi) is 13.5. The predicted octanol–water partition coefficient (Wildman–Crippen LogP) is 3.80. The molecule has 4 rings (SSSR count). The minimum atomic E-state index is -0.813. The number of guanidine groups is 1. The quantitative estimate of drug-likeness (QED) is 0.0317. The van der Waals surface area contributed by atoms with Crippen molar-refractivity contribution in [1.29, 1.82) is 0 Å². The van der Waals surface area contributed by atoms with Crippen molar-refractivity contribution < 1.29 is 23.9 Å². The lowest BCUT2D eigenvalue weighted by molar-refractivity contribution is -0.525. The summed E-state index contributed by atoms with van der Waals surface area (Å²) < 4.78 is 13.2. The van der Waals surface area contributed by atoms with Crippen molar-refractivity contribution in [1.82, 2.24) is 16.1 Å². The maximum absolute atomic E-state index is 13.8. The van der Waals surface area contributed by atoms with Gasteiger partial charge in [-0.05, 0) is 75.0 Å². The molecule has 14 heteroatoms. The zero-order valence-electron chi connectivity index (χ0n) is 27.8. The second-order valence-corrected chi connectivity index (χ2v) is 14.2. The third-order valence-corrected chi connectivity index (χ3v) is 10.1. The Hall–Kier alpha value is -2.92. The number of hydrogen-bond donors (Lipinski definition) is 4. The molecule has 3 aliphatic carbocycles. The Balaban J connectivity index is 1.61. The molecule has 13 nitrogen and oxygen atoms in total. The van der Waals surface area contributed by atoms with Crippen LogP contribution in [-0.4, -0.2) is 66.7 Å². The van der Waals surface area contributed by atoms with Crippen molar-refractivity contribution in [3.05, 3.63) is 21.5 Å². The van der Waals surface area contributed by atoms with Crippen molar-refractivity contribution >= 4 is 24.9 Å². The minimum Gasteiger partial charge on any atom is -0.404 e. The number of nitrogens with one attached hydrogen (secondary N) is 3. The highest BCUT2D eigenvalue weighted by atomic mass is 16.7. The first-order valence-corrected chi connectivity index (χ1v) is 16.7. The van der Waals surface area contributed by atoms with Gasteiger partial charge >= 0.3 is 7.12 Å². The summed E-state index contributed by atoms with van der Waals surface area (Å²) in [5, 5.41) is 15.9. The molecule has 45 heavy (non-hydrogen) atoms. The molecule has 6 atom stereocenters. The number of nitrogens with zero attached hydrogens (tertiary/aromatic N) is 3. The van der Waals surface area contributed by atoms with E-state index >= 15 is 0 Å². The lowest BCUT2D eigenvalue weighted by atomic mass is 9.43. The summed E-state index contributed by atoms with van der Waals surface area (Å²) in [6.07, 6.45) is 9.31. The van der Waals surface area contributed by atoms with E-state index in [-0.39, 0.29) is 54.1 Å². The first kappa shape index (κ1) is 36.6. The summed E-state index contributed by atoms with van der Waals surface area (Å²) in [6.45, 7) is 18.5. The predicted molar refractivity (Wildman–Crippen MR) is 173 cm³/mol. The van der Waals surface area contributed by atoms with Crippen molar-refractivity contribution in [2.45, 2.75) is 135 Å². The monoisotopic (exact) mass is 631 g/mol. The number of rotatable bonds is 19. The molecule has 0 unspecified atom stereocenters. The second kappa shape index (κ2) is 16.6. The van der Waals surface area contributed by atoms with E-state index in [4.69, 9.17) is 21.6 Å². The zero-order chi connectivity index (χ0) is 33.2. The molecule has 0 aromatic rings. The van der Waals surface area contributed by atoms with Gasteiger partial charge in [-0.15, -0.1) is 0 Å². The highest BCUT2D eigenvalue weighted by molar-refractivity contribution is 6.48. The van der Waals surface area contributed by atoms with E-state index in [9.17, 15) is 19.7 Å². The Labute approximate surface area is 268 Å². The molecule has 3 saturated carbocycles. The van der Waals surface area contributed by atoms with Gasteiger partial charge in [-0.1, -0.05) is 52.4 Å². The molecular weight excluding hydrogens is 577 g/mol. The Morgan fingerprint density at radius 1 is 1.11 bits per heavy atom. The summed E-state index contributed by atoms with van der Waals surface area (Å²) in [7, 11) is -0.578. The van der Waals surface area contributed by atoms with Gasteiger partial charge in [0.25, 0.3) is 5.96 Å². The van der Waals surface area contributed by atoms with E-state index in [0.29, 0.717) is 44.1 Å². The minimum absolute atomic E-state index is 0.00916. The largest absolute Gasteiger partial charge is 0.481 e. The molecule has 0 radical (unpaired) electrons. The smallest absolute Gasteiger partial charge is 0.404 e. The number of carbonyl (C=O) groups is 2. The lowest BCUT2D eigenvalue weighted by Crippen LogP contribution is -2.65. The van der Waals surface area contributed by atoms with E-state index in [2.05, 4.69) is 55.1 Å². The van der Waals surface area contributed by atoms with Crippen LogP contribution in [0.2, 0.25) is 0 Å². The van der Waals surface area contributed by atoms with Crippen LogP contribution in [0.25, 0.3) is 4.85 Å². The standard InChI is InChI=1S/C31H54BN7O6/c1-21(2)18-26(32-44-25-20-22-19-24(30(22,3)4)31(25,5)45-32)37-28(41)23(14-13-17-35-29(33)38-39(42)43)36-27(40)15-11-9-7-8-10-12-16-34-6/h21-26H,7-20H2,1-5H3,(H,36,40)(H,37,41)(H3,33,35,38)/t22-,23-,24-,25+,26-,31-/m0/s1. The van der Waals surface area contributed by atoms with Gasteiger partial charge in [0.05, 0.1) is 17.6 Å². The fourth-order valence-corrected chi connectivity index (χ4v) is 7.44. The van der Waals surface area contributed by atoms with Crippen molar-refractivity contribution in [3.8, 4) is 0 Å². The van der Waals surface area contributed by atoms with Crippen LogP contribution < -0.4 is 21.8 Å². The molecule has 5 N–H and O–H groups in total. The summed E-state index contributed by atoms with van der Waals surface area (Å²) in [5.74, 6) is 0.0637. The molecule has 1 saturated heterocycles. The highest BCUT2D eigenvalue weighted by Crippen LogP contribution is 2.65. The summed E-state index contributed by atoms with van der Waals surface area (Å²) >= 11 is 0. The Morgan fingerprint density at radius 2 is 1.80 bits per heavy atom. The third kappa shape index (κ3) is 10.0. The summed E-state index contributed by atoms with van der Waals surface area (Å²) in [5.41, 5.74) is 7.13. The van der Waals surface area contributed by atoms with Gasteiger partial charge in [-0.3, -0.25) is 9.59 Å². The SMILES string of the molecule is [C-]#[N+]CCCCCCCCC(=O)N[C@@H](CCCN=C(N)N[N+](=O)[O-])C(=O)N[C@@H](CC(C)C)B1O[C@@H]2C[C@@H]3C[C@@H](C3(C)C)[C@]2(C)O1. The summed E-state index contributed by atoms with van der Waals surface area (Å²) in [4.78, 5) is 44.6. The topological polar surface area (TPSA) is 175 Å². The van der Waals surface area contributed by atoms with Crippen LogP contribution in [0.5, 0.6) is 0 Å². The lowest BCUT2D eigenvalue weighted by Gasteiger charge is -2.64. The van der Waals surface area contributed by atoms with Crippen LogP contribution in [0.3, 0.4) is 0 Å². The van der Waals surface area contributed by atoms with E-state index in [1.807, 2.05) is 0 Å². The number of hydrogen-bond acceptors (Lipinski definition) is 7. The molecule has 4 fully saturated rings. The second-order valence-electron chi connectivity index (χ2n) is 14.2. The van der Waals surface area contributed by atoms with Crippen LogP contribution in [0.4, 0.5) is 0 Å². The van der Waals surface area contributed by atoms with Crippen LogP contribution in [0.1, 0.15) is 112 Å². The molecule has 0 aromatic heterocycles. The van der Waals surface area contributed by atoms with Crippen LogP contribution >= 0.6 is 0 Å². The molecule has 1 aliphatic heterocycles. The number of hydrazine groups is 1. The van der Waals surface area contributed by atoms with Gasteiger partial charge in [0.1, 0.15) is 6.04 Å². The van der Waals surface area contributed by atoms with Gasteiger partial charge in [-0.2, -0.15) is 0 Å². The molecule has 1 heterocycles. The molecule has 252 valence electrons. The van der Waals surface area contributed by atoms with Crippen molar-refractivity contribution in [3.63, 3.8) is 0 Å². The third-order valence-electron chi connectivity index (χ3n) is 10.1. The average molecular weight is 632 g/mol.